The normalized spacial score (nSPS) is 20.6. The predicted molar refractivity (Wildman–Crippen MR) is 82.1 cm³/mol. The van der Waals surface area contributed by atoms with E-state index < -0.39 is 5.60 Å². The van der Waals surface area contributed by atoms with Crippen LogP contribution in [0, 0.1) is 5.92 Å². The molecule has 0 aromatic heterocycles. The molecule has 1 heterocycles. The molecule has 0 spiro atoms. The summed E-state index contributed by atoms with van der Waals surface area (Å²) in [6.45, 7) is 11.0. The van der Waals surface area contributed by atoms with Crippen LogP contribution in [0.5, 0.6) is 0 Å². The number of benzene rings is 1. The van der Waals surface area contributed by atoms with E-state index >= 15 is 0 Å². The van der Waals surface area contributed by atoms with Crippen molar-refractivity contribution in [1.29, 1.82) is 0 Å². The molecule has 108 valence electrons. The van der Waals surface area contributed by atoms with E-state index in [1.165, 1.54) is 12.0 Å². The molecular weight excluding hydrogens is 234 g/mol. The van der Waals surface area contributed by atoms with Crippen LogP contribution < -0.4 is 0 Å². The second-order valence-corrected chi connectivity index (χ2v) is 5.71. The molecule has 19 heavy (non-hydrogen) atoms. The summed E-state index contributed by atoms with van der Waals surface area (Å²) < 4.78 is 0. The van der Waals surface area contributed by atoms with Gasteiger partial charge in [-0.1, -0.05) is 44.2 Å². The molecule has 0 aliphatic carbocycles. The molecule has 0 saturated carbocycles. The van der Waals surface area contributed by atoms with E-state index in [1.54, 1.807) is 0 Å². The average molecular weight is 263 g/mol. The lowest BCUT2D eigenvalue weighted by Gasteiger charge is -2.38. The van der Waals surface area contributed by atoms with Gasteiger partial charge < -0.3 is 5.11 Å². The standard InChI is InChI=1S/C15H23NO.C2H6/c1-15(2,17)14-9-6-10-16(12-14)11-13-7-4-3-5-8-13;1-2/h3-5,7-8,14,17H,6,9-12H2,1-2H3;1-2H3. The van der Waals surface area contributed by atoms with E-state index in [1.807, 2.05) is 27.7 Å². The zero-order chi connectivity index (χ0) is 14.3. The average Bonchev–Trinajstić information content (AvgIpc) is 2.41. The summed E-state index contributed by atoms with van der Waals surface area (Å²) in [6, 6.07) is 10.6. The van der Waals surface area contributed by atoms with E-state index in [4.69, 9.17) is 0 Å². The van der Waals surface area contributed by atoms with Gasteiger partial charge in [0.2, 0.25) is 0 Å². The van der Waals surface area contributed by atoms with Crippen LogP contribution in [0.25, 0.3) is 0 Å². The van der Waals surface area contributed by atoms with Crippen LogP contribution in [0.4, 0.5) is 0 Å². The number of hydrogen-bond acceptors (Lipinski definition) is 2. The summed E-state index contributed by atoms with van der Waals surface area (Å²) in [4.78, 5) is 2.46. The van der Waals surface area contributed by atoms with E-state index in [9.17, 15) is 5.11 Å². The Bertz CT molecular complexity index is 342. The van der Waals surface area contributed by atoms with E-state index in [2.05, 4.69) is 35.2 Å². The first-order valence-electron chi connectivity index (χ1n) is 7.54. The van der Waals surface area contributed by atoms with E-state index in [0.717, 1.165) is 26.1 Å². The van der Waals surface area contributed by atoms with Crippen molar-refractivity contribution in [2.24, 2.45) is 5.92 Å². The van der Waals surface area contributed by atoms with Crippen molar-refractivity contribution in [2.75, 3.05) is 13.1 Å². The highest BCUT2D eigenvalue weighted by Gasteiger charge is 2.31. The minimum absolute atomic E-state index is 0.403. The number of likely N-dealkylation sites (tertiary alicyclic amines) is 1. The Kier molecular flexibility index (Phi) is 6.53. The summed E-state index contributed by atoms with van der Waals surface area (Å²) in [6.07, 6.45) is 2.34. The molecule has 2 nitrogen and oxygen atoms in total. The Morgan fingerprint density at radius 3 is 2.42 bits per heavy atom. The van der Waals surface area contributed by atoms with Gasteiger partial charge in [-0.05, 0) is 44.7 Å². The Hall–Kier alpha value is -0.860. The highest BCUT2D eigenvalue weighted by atomic mass is 16.3. The maximum Gasteiger partial charge on any atom is 0.0632 e. The summed E-state index contributed by atoms with van der Waals surface area (Å²) in [5, 5.41) is 10.1. The highest BCUT2D eigenvalue weighted by molar-refractivity contribution is 5.14. The van der Waals surface area contributed by atoms with Crippen LogP contribution in [-0.4, -0.2) is 28.7 Å². The molecule has 1 unspecified atom stereocenters. The first kappa shape index (κ1) is 16.2. The zero-order valence-corrected chi connectivity index (χ0v) is 12.9. The van der Waals surface area contributed by atoms with Crippen molar-refractivity contribution in [3.63, 3.8) is 0 Å². The van der Waals surface area contributed by atoms with Gasteiger partial charge in [0.15, 0.2) is 0 Å². The third-order valence-electron chi connectivity index (χ3n) is 3.75. The largest absolute Gasteiger partial charge is 0.390 e. The SMILES string of the molecule is CC.CC(C)(O)C1CCCN(Cc2ccccc2)C1. The fourth-order valence-corrected chi connectivity index (χ4v) is 2.62. The predicted octanol–water partition coefficient (Wildman–Crippen LogP) is 3.70. The number of nitrogens with zero attached hydrogens (tertiary/aromatic N) is 1. The maximum atomic E-state index is 10.1. The van der Waals surface area contributed by atoms with Gasteiger partial charge >= 0.3 is 0 Å². The number of piperidine rings is 1. The van der Waals surface area contributed by atoms with Gasteiger partial charge in [0, 0.05) is 13.1 Å². The molecule has 1 aliphatic heterocycles. The highest BCUT2D eigenvalue weighted by Crippen LogP contribution is 2.27. The molecule has 0 radical (unpaired) electrons. The lowest BCUT2D eigenvalue weighted by molar-refractivity contribution is -0.0198. The van der Waals surface area contributed by atoms with Gasteiger partial charge in [-0.15, -0.1) is 0 Å². The van der Waals surface area contributed by atoms with Gasteiger partial charge in [-0.2, -0.15) is 0 Å². The molecule has 1 fully saturated rings. The molecular formula is C17H29NO. The fraction of sp³-hybridized carbons (Fsp3) is 0.647. The lowest BCUT2D eigenvalue weighted by atomic mass is 9.84. The summed E-state index contributed by atoms with van der Waals surface area (Å²) in [5.74, 6) is 0.403. The number of hydrogen-bond donors (Lipinski definition) is 1. The molecule has 2 heteroatoms. The Morgan fingerprint density at radius 1 is 1.21 bits per heavy atom. The molecule has 1 aliphatic rings. The minimum Gasteiger partial charge on any atom is -0.390 e. The quantitative estimate of drug-likeness (QED) is 0.899. The first-order chi connectivity index (χ1) is 9.05. The van der Waals surface area contributed by atoms with Crippen LogP contribution >= 0.6 is 0 Å². The third-order valence-corrected chi connectivity index (χ3v) is 3.75. The summed E-state index contributed by atoms with van der Waals surface area (Å²) in [5.41, 5.74) is 0.818. The minimum atomic E-state index is -0.546. The Morgan fingerprint density at radius 2 is 1.84 bits per heavy atom. The van der Waals surface area contributed by atoms with Crippen LogP contribution in [0.1, 0.15) is 46.1 Å². The van der Waals surface area contributed by atoms with Gasteiger partial charge in [-0.25, -0.2) is 0 Å². The molecule has 2 rings (SSSR count). The van der Waals surface area contributed by atoms with Crippen LogP contribution in [0.15, 0.2) is 30.3 Å². The van der Waals surface area contributed by atoms with Crippen LogP contribution in [0.3, 0.4) is 0 Å². The van der Waals surface area contributed by atoms with Crippen molar-refractivity contribution in [1.82, 2.24) is 4.90 Å². The van der Waals surface area contributed by atoms with Crippen molar-refractivity contribution in [2.45, 2.75) is 52.7 Å². The molecule has 0 bridgehead atoms. The van der Waals surface area contributed by atoms with E-state index in [0.29, 0.717) is 5.92 Å². The second kappa shape index (κ2) is 7.66. The smallest absolute Gasteiger partial charge is 0.0632 e. The first-order valence-corrected chi connectivity index (χ1v) is 7.54. The van der Waals surface area contributed by atoms with Crippen molar-refractivity contribution in [3.8, 4) is 0 Å². The van der Waals surface area contributed by atoms with Crippen LogP contribution in [-0.2, 0) is 6.54 Å². The summed E-state index contributed by atoms with van der Waals surface area (Å²) >= 11 is 0. The van der Waals surface area contributed by atoms with Crippen molar-refractivity contribution < 1.29 is 5.11 Å². The molecule has 1 atom stereocenters. The molecule has 1 saturated heterocycles. The summed E-state index contributed by atoms with van der Waals surface area (Å²) in [7, 11) is 0. The molecule has 1 aromatic carbocycles. The fourth-order valence-electron chi connectivity index (χ4n) is 2.62. The number of aliphatic hydroxyl groups is 1. The topological polar surface area (TPSA) is 23.5 Å². The molecule has 0 amide bonds. The maximum absolute atomic E-state index is 10.1. The monoisotopic (exact) mass is 263 g/mol. The van der Waals surface area contributed by atoms with Gasteiger partial charge in [0.05, 0.1) is 5.60 Å². The number of rotatable bonds is 3. The van der Waals surface area contributed by atoms with Gasteiger partial charge in [-0.3, -0.25) is 4.90 Å². The van der Waals surface area contributed by atoms with Crippen LogP contribution in [0.2, 0.25) is 0 Å². The van der Waals surface area contributed by atoms with Crippen molar-refractivity contribution >= 4 is 0 Å². The molecule has 1 N–H and O–H groups in total. The third kappa shape index (κ3) is 5.33. The Balaban J connectivity index is 0.000000861. The van der Waals surface area contributed by atoms with E-state index in [-0.39, 0.29) is 0 Å². The lowest BCUT2D eigenvalue weighted by Crippen LogP contribution is -2.44. The van der Waals surface area contributed by atoms with Crippen molar-refractivity contribution in [3.05, 3.63) is 35.9 Å². The Labute approximate surface area is 118 Å². The zero-order valence-electron chi connectivity index (χ0n) is 12.9. The second-order valence-electron chi connectivity index (χ2n) is 5.71. The van der Waals surface area contributed by atoms with Gasteiger partial charge in [0.1, 0.15) is 0 Å². The molecule has 1 aromatic rings. The van der Waals surface area contributed by atoms with Gasteiger partial charge in [0.25, 0.3) is 0 Å².